The van der Waals surface area contributed by atoms with Crippen LogP contribution in [0.15, 0.2) is 24.3 Å². The molecule has 0 aliphatic heterocycles. The molecular formula is C14H20O4. The number of carbonyl (C=O) groups excluding carboxylic acids is 1. The topological polar surface area (TPSA) is 44.8 Å². The third kappa shape index (κ3) is 7.04. The smallest absolute Gasteiger partial charge is 0.155 e. The minimum atomic E-state index is 0.0257. The van der Waals surface area contributed by atoms with Crippen LogP contribution in [-0.4, -0.2) is 38.8 Å². The summed E-state index contributed by atoms with van der Waals surface area (Å²) in [4.78, 5) is 10.6. The number of aryl methyl sites for hydroxylation is 1. The quantitative estimate of drug-likeness (QED) is 0.630. The lowest BCUT2D eigenvalue weighted by molar-refractivity contribution is -0.122. The summed E-state index contributed by atoms with van der Waals surface area (Å²) < 4.78 is 15.8. The molecule has 0 saturated carbocycles. The Balaban J connectivity index is 1.95. The van der Waals surface area contributed by atoms with Crippen molar-refractivity contribution in [3.63, 3.8) is 0 Å². The highest BCUT2D eigenvalue weighted by atomic mass is 16.5. The minimum Gasteiger partial charge on any atom is -0.491 e. The van der Waals surface area contributed by atoms with Crippen molar-refractivity contribution in [1.82, 2.24) is 0 Å². The van der Waals surface area contributed by atoms with Gasteiger partial charge in [0.1, 0.15) is 19.0 Å². The van der Waals surface area contributed by atoms with E-state index in [1.54, 1.807) is 0 Å². The van der Waals surface area contributed by atoms with E-state index in [1.807, 2.05) is 31.2 Å². The van der Waals surface area contributed by atoms with Gasteiger partial charge in [0, 0.05) is 0 Å². The lowest BCUT2D eigenvalue weighted by atomic mass is 10.2. The van der Waals surface area contributed by atoms with E-state index in [9.17, 15) is 4.79 Å². The van der Waals surface area contributed by atoms with Crippen LogP contribution in [0.4, 0.5) is 0 Å². The van der Waals surface area contributed by atoms with Crippen molar-refractivity contribution in [2.24, 2.45) is 0 Å². The molecule has 0 heterocycles. The number of ketones is 1. The summed E-state index contributed by atoms with van der Waals surface area (Å²) in [5, 5.41) is 0. The number of ether oxygens (including phenoxy) is 3. The van der Waals surface area contributed by atoms with Crippen molar-refractivity contribution in [3.8, 4) is 5.75 Å². The van der Waals surface area contributed by atoms with E-state index in [1.165, 1.54) is 12.5 Å². The van der Waals surface area contributed by atoms with E-state index in [2.05, 4.69) is 0 Å². The summed E-state index contributed by atoms with van der Waals surface area (Å²) >= 11 is 0. The van der Waals surface area contributed by atoms with Gasteiger partial charge in [-0.15, -0.1) is 0 Å². The summed E-state index contributed by atoms with van der Waals surface area (Å²) in [6.07, 6.45) is 0. The predicted octanol–water partition coefficient (Wildman–Crippen LogP) is 2.00. The standard InChI is InChI=1S/C14H20O4/c1-12-3-5-14(6-4-12)18-10-9-16-7-8-17-11-13(2)15/h3-6H,7-11H2,1-2H3. The van der Waals surface area contributed by atoms with Crippen LogP contribution in [-0.2, 0) is 14.3 Å². The molecule has 0 N–H and O–H groups in total. The van der Waals surface area contributed by atoms with Gasteiger partial charge < -0.3 is 14.2 Å². The Bertz CT molecular complexity index is 345. The van der Waals surface area contributed by atoms with Crippen molar-refractivity contribution < 1.29 is 19.0 Å². The van der Waals surface area contributed by atoms with E-state index in [-0.39, 0.29) is 12.4 Å². The summed E-state index contributed by atoms with van der Waals surface area (Å²) in [6.45, 7) is 5.62. The average molecular weight is 252 g/mol. The first-order valence-electron chi connectivity index (χ1n) is 6.03. The number of hydrogen-bond donors (Lipinski definition) is 0. The molecule has 4 nitrogen and oxygen atoms in total. The van der Waals surface area contributed by atoms with Crippen LogP contribution in [0.3, 0.4) is 0 Å². The maximum atomic E-state index is 10.6. The van der Waals surface area contributed by atoms with Gasteiger partial charge in [0.05, 0.1) is 19.8 Å². The maximum Gasteiger partial charge on any atom is 0.155 e. The molecule has 100 valence electrons. The molecule has 1 aromatic carbocycles. The Morgan fingerprint density at radius 3 is 2.28 bits per heavy atom. The molecule has 1 rings (SSSR count). The minimum absolute atomic E-state index is 0.0257. The van der Waals surface area contributed by atoms with Crippen LogP contribution in [0, 0.1) is 6.92 Å². The normalized spacial score (nSPS) is 10.3. The third-order valence-corrected chi connectivity index (χ3v) is 2.19. The molecule has 0 radical (unpaired) electrons. The van der Waals surface area contributed by atoms with E-state index in [0.717, 1.165) is 5.75 Å². The van der Waals surface area contributed by atoms with Gasteiger partial charge in [0.2, 0.25) is 0 Å². The van der Waals surface area contributed by atoms with Crippen LogP contribution in [0.25, 0.3) is 0 Å². The second-order valence-corrected chi connectivity index (χ2v) is 4.03. The molecular weight excluding hydrogens is 232 g/mol. The fourth-order valence-corrected chi connectivity index (χ4v) is 1.29. The predicted molar refractivity (Wildman–Crippen MR) is 69.0 cm³/mol. The number of carbonyl (C=O) groups is 1. The molecule has 0 atom stereocenters. The Morgan fingerprint density at radius 1 is 1.00 bits per heavy atom. The molecule has 1 aromatic rings. The summed E-state index contributed by atoms with van der Waals surface area (Å²) in [5.74, 6) is 0.870. The lowest BCUT2D eigenvalue weighted by Gasteiger charge is -2.07. The van der Waals surface area contributed by atoms with Crippen molar-refractivity contribution in [2.75, 3.05) is 33.0 Å². The van der Waals surface area contributed by atoms with Gasteiger partial charge in [-0.1, -0.05) is 17.7 Å². The molecule has 0 spiro atoms. The summed E-state index contributed by atoms with van der Waals surface area (Å²) in [5.41, 5.74) is 1.21. The van der Waals surface area contributed by atoms with Crippen LogP contribution in [0.1, 0.15) is 12.5 Å². The van der Waals surface area contributed by atoms with Gasteiger partial charge in [-0.2, -0.15) is 0 Å². The number of rotatable bonds is 9. The van der Waals surface area contributed by atoms with Crippen LogP contribution in [0.5, 0.6) is 5.75 Å². The van der Waals surface area contributed by atoms with E-state index < -0.39 is 0 Å². The fraction of sp³-hybridized carbons (Fsp3) is 0.500. The lowest BCUT2D eigenvalue weighted by Crippen LogP contribution is -2.13. The third-order valence-electron chi connectivity index (χ3n) is 2.19. The maximum absolute atomic E-state index is 10.6. The van der Waals surface area contributed by atoms with E-state index in [0.29, 0.717) is 26.4 Å². The molecule has 0 amide bonds. The second kappa shape index (κ2) is 8.66. The SMILES string of the molecule is CC(=O)COCCOCCOc1ccc(C)cc1. The van der Waals surface area contributed by atoms with Crippen LogP contribution < -0.4 is 4.74 Å². The summed E-state index contributed by atoms with van der Waals surface area (Å²) in [6, 6.07) is 7.88. The molecule has 0 saturated heterocycles. The van der Waals surface area contributed by atoms with Gasteiger partial charge in [-0.05, 0) is 26.0 Å². The molecule has 0 aliphatic carbocycles. The highest BCUT2D eigenvalue weighted by Crippen LogP contribution is 2.10. The number of Topliss-reactive ketones (excluding diaryl/α,β-unsaturated/α-hetero) is 1. The van der Waals surface area contributed by atoms with Crippen molar-refractivity contribution >= 4 is 5.78 Å². The zero-order chi connectivity index (χ0) is 13.2. The zero-order valence-electron chi connectivity index (χ0n) is 11.0. The number of benzene rings is 1. The van der Waals surface area contributed by atoms with E-state index >= 15 is 0 Å². The van der Waals surface area contributed by atoms with Gasteiger partial charge in [-0.25, -0.2) is 0 Å². The Labute approximate surface area is 108 Å². The van der Waals surface area contributed by atoms with Gasteiger partial charge in [0.25, 0.3) is 0 Å². The van der Waals surface area contributed by atoms with Gasteiger partial charge in [0.15, 0.2) is 5.78 Å². The van der Waals surface area contributed by atoms with Crippen LogP contribution in [0.2, 0.25) is 0 Å². The highest BCUT2D eigenvalue weighted by Gasteiger charge is 1.95. The second-order valence-electron chi connectivity index (χ2n) is 4.03. The molecule has 0 fully saturated rings. The zero-order valence-corrected chi connectivity index (χ0v) is 11.0. The van der Waals surface area contributed by atoms with Crippen molar-refractivity contribution in [2.45, 2.75) is 13.8 Å². The van der Waals surface area contributed by atoms with Crippen LogP contribution >= 0.6 is 0 Å². The van der Waals surface area contributed by atoms with E-state index in [4.69, 9.17) is 14.2 Å². The van der Waals surface area contributed by atoms with Crippen molar-refractivity contribution in [3.05, 3.63) is 29.8 Å². The molecule has 18 heavy (non-hydrogen) atoms. The Hall–Kier alpha value is -1.39. The molecule has 0 aromatic heterocycles. The number of hydrogen-bond acceptors (Lipinski definition) is 4. The monoisotopic (exact) mass is 252 g/mol. The van der Waals surface area contributed by atoms with Gasteiger partial charge >= 0.3 is 0 Å². The molecule has 4 heteroatoms. The Morgan fingerprint density at radius 2 is 1.61 bits per heavy atom. The first-order chi connectivity index (χ1) is 8.68. The first-order valence-corrected chi connectivity index (χ1v) is 6.03. The fourth-order valence-electron chi connectivity index (χ4n) is 1.29. The highest BCUT2D eigenvalue weighted by molar-refractivity contribution is 5.76. The Kier molecular flexibility index (Phi) is 7.06. The van der Waals surface area contributed by atoms with Crippen molar-refractivity contribution in [1.29, 1.82) is 0 Å². The summed E-state index contributed by atoms with van der Waals surface area (Å²) in [7, 11) is 0. The molecule has 0 unspecified atom stereocenters. The first kappa shape index (κ1) is 14.7. The molecule has 0 aliphatic rings. The molecule has 0 bridgehead atoms. The average Bonchev–Trinajstić information content (AvgIpc) is 2.34. The van der Waals surface area contributed by atoms with Gasteiger partial charge in [-0.3, -0.25) is 4.79 Å². The largest absolute Gasteiger partial charge is 0.491 e.